The van der Waals surface area contributed by atoms with Crippen LogP contribution in [0.25, 0.3) is 11.3 Å². The maximum absolute atomic E-state index is 12.7. The van der Waals surface area contributed by atoms with Crippen molar-refractivity contribution in [3.63, 3.8) is 0 Å². The van der Waals surface area contributed by atoms with Gasteiger partial charge in [-0.05, 0) is 17.7 Å². The number of carbonyl (C=O) groups excluding carboxylic acids is 1. The number of piperazine rings is 1. The first kappa shape index (κ1) is 23.4. The molecule has 0 unspecified atom stereocenters. The van der Waals surface area contributed by atoms with Crippen molar-refractivity contribution in [1.82, 2.24) is 14.8 Å². The molecule has 5 nitrogen and oxygen atoms in total. The third kappa shape index (κ3) is 6.63. The van der Waals surface area contributed by atoms with E-state index in [1.165, 1.54) is 11.3 Å². The highest BCUT2D eigenvalue weighted by atomic mass is 32.1. The maximum atomic E-state index is 12.7. The minimum Gasteiger partial charge on any atom is -0.302 e. The van der Waals surface area contributed by atoms with E-state index in [0.29, 0.717) is 24.6 Å². The van der Waals surface area contributed by atoms with Crippen LogP contribution in [-0.2, 0) is 17.5 Å². The van der Waals surface area contributed by atoms with Crippen LogP contribution in [0.5, 0.6) is 0 Å². The Morgan fingerprint density at radius 3 is 2.30 bits per heavy atom. The fourth-order valence-electron chi connectivity index (χ4n) is 3.74. The number of benzene rings is 2. The molecule has 1 aliphatic heterocycles. The molecule has 1 aromatic heterocycles. The summed E-state index contributed by atoms with van der Waals surface area (Å²) >= 11 is 1.41. The number of rotatable bonds is 7. The predicted octanol–water partition coefficient (Wildman–Crippen LogP) is 4.98. The number of halogens is 3. The lowest BCUT2D eigenvalue weighted by atomic mass is 10.1. The fourth-order valence-corrected chi connectivity index (χ4v) is 4.48. The Hall–Kier alpha value is -2.75. The molecular weight excluding hydrogens is 449 g/mol. The van der Waals surface area contributed by atoms with E-state index in [4.69, 9.17) is 0 Å². The van der Waals surface area contributed by atoms with Gasteiger partial charge in [-0.2, -0.15) is 13.2 Å². The first-order chi connectivity index (χ1) is 15.9. The van der Waals surface area contributed by atoms with Crippen molar-refractivity contribution in [3.05, 3.63) is 71.1 Å². The molecule has 33 heavy (non-hydrogen) atoms. The molecule has 0 bridgehead atoms. The molecule has 0 aliphatic carbocycles. The van der Waals surface area contributed by atoms with Gasteiger partial charge in [0, 0.05) is 56.6 Å². The molecule has 9 heteroatoms. The van der Waals surface area contributed by atoms with E-state index in [0.717, 1.165) is 55.1 Å². The number of carbonyl (C=O) groups is 1. The van der Waals surface area contributed by atoms with Gasteiger partial charge < -0.3 is 10.2 Å². The van der Waals surface area contributed by atoms with Crippen molar-refractivity contribution < 1.29 is 18.0 Å². The minimum atomic E-state index is -4.31. The summed E-state index contributed by atoms with van der Waals surface area (Å²) in [4.78, 5) is 21.3. The summed E-state index contributed by atoms with van der Waals surface area (Å²) in [7, 11) is 0. The Bertz CT molecular complexity index is 1050. The molecule has 174 valence electrons. The minimum absolute atomic E-state index is 0.0591. The molecule has 1 fully saturated rings. The van der Waals surface area contributed by atoms with Crippen LogP contribution in [-0.4, -0.2) is 53.4 Å². The van der Waals surface area contributed by atoms with Gasteiger partial charge in [0.25, 0.3) is 0 Å². The largest absolute Gasteiger partial charge is 0.416 e. The van der Waals surface area contributed by atoms with Gasteiger partial charge in [0.05, 0.1) is 11.3 Å². The van der Waals surface area contributed by atoms with Crippen LogP contribution in [0.4, 0.5) is 18.3 Å². The topological polar surface area (TPSA) is 48.5 Å². The summed E-state index contributed by atoms with van der Waals surface area (Å²) < 4.78 is 38.1. The van der Waals surface area contributed by atoms with Crippen LogP contribution in [0.2, 0.25) is 0 Å². The van der Waals surface area contributed by atoms with Gasteiger partial charge in [0.15, 0.2) is 5.13 Å². The monoisotopic (exact) mass is 474 g/mol. The van der Waals surface area contributed by atoms with Crippen LogP contribution < -0.4 is 5.32 Å². The molecule has 0 atom stereocenters. The Morgan fingerprint density at radius 2 is 1.64 bits per heavy atom. The number of hydrogen-bond donors (Lipinski definition) is 1. The average molecular weight is 475 g/mol. The van der Waals surface area contributed by atoms with E-state index in [9.17, 15) is 18.0 Å². The number of nitrogens with zero attached hydrogens (tertiary/aromatic N) is 3. The molecule has 1 saturated heterocycles. The molecule has 1 N–H and O–H groups in total. The predicted molar refractivity (Wildman–Crippen MR) is 124 cm³/mol. The molecular formula is C24H25F3N4OS. The van der Waals surface area contributed by atoms with Crippen molar-refractivity contribution in [2.75, 3.05) is 38.0 Å². The molecule has 0 spiro atoms. The van der Waals surface area contributed by atoms with Crippen molar-refractivity contribution in [2.24, 2.45) is 0 Å². The Kier molecular flexibility index (Phi) is 7.42. The quantitative estimate of drug-likeness (QED) is 0.525. The smallest absolute Gasteiger partial charge is 0.302 e. The molecule has 4 rings (SSSR count). The van der Waals surface area contributed by atoms with Crippen LogP contribution >= 0.6 is 11.3 Å². The van der Waals surface area contributed by atoms with Crippen molar-refractivity contribution in [1.29, 1.82) is 0 Å². The first-order valence-corrected chi connectivity index (χ1v) is 11.7. The Balaban J connectivity index is 1.17. The van der Waals surface area contributed by atoms with Gasteiger partial charge in [0.1, 0.15) is 0 Å². The zero-order valence-corrected chi connectivity index (χ0v) is 18.8. The number of amides is 1. The summed E-state index contributed by atoms with van der Waals surface area (Å²) in [6.07, 6.45) is -3.92. The second kappa shape index (κ2) is 10.5. The Morgan fingerprint density at radius 1 is 0.970 bits per heavy atom. The van der Waals surface area contributed by atoms with Gasteiger partial charge in [-0.25, -0.2) is 4.98 Å². The van der Waals surface area contributed by atoms with Crippen LogP contribution in [0, 0.1) is 0 Å². The number of aromatic nitrogens is 1. The standard InChI is InChI=1S/C24H25F3N4OS/c25-24(26,27)20-8-6-18(7-9-20)16-31-14-12-30(13-15-31)11-10-22(32)29-23-28-21(17-33-23)19-4-2-1-3-5-19/h1-9,17H,10-16H2,(H,28,29,32). The molecule has 2 heterocycles. The highest BCUT2D eigenvalue weighted by Crippen LogP contribution is 2.29. The zero-order valence-electron chi connectivity index (χ0n) is 18.0. The van der Waals surface area contributed by atoms with Gasteiger partial charge in [-0.3, -0.25) is 9.69 Å². The molecule has 0 saturated carbocycles. The van der Waals surface area contributed by atoms with Crippen molar-refractivity contribution in [2.45, 2.75) is 19.1 Å². The highest BCUT2D eigenvalue weighted by molar-refractivity contribution is 7.14. The van der Waals surface area contributed by atoms with Gasteiger partial charge >= 0.3 is 6.18 Å². The Labute approximate surface area is 194 Å². The number of alkyl halides is 3. The van der Waals surface area contributed by atoms with Crippen LogP contribution in [0.1, 0.15) is 17.5 Å². The van der Waals surface area contributed by atoms with E-state index in [2.05, 4.69) is 20.1 Å². The second-order valence-corrected chi connectivity index (χ2v) is 8.87. The highest BCUT2D eigenvalue weighted by Gasteiger charge is 2.30. The normalized spacial score (nSPS) is 15.5. The second-order valence-electron chi connectivity index (χ2n) is 8.01. The third-order valence-electron chi connectivity index (χ3n) is 5.63. The van der Waals surface area contributed by atoms with E-state index in [-0.39, 0.29) is 5.91 Å². The summed E-state index contributed by atoms with van der Waals surface area (Å²) in [6.45, 7) is 4.56. The number of hydrogen-bond acceptors (Lipinski definition) is 5. The number of nitrogens with one attached hydrogen (secondary N) is 1. The third-order valence-corrected chi connectivity index (χ3v) is 6.39. The molecule has 1 amide bonds. The van der Waals surface area contributed by atoms with E-state index in [1.807, 2.05) is 35.7 Å². The van der Waals surface area contributed by atoms with Crippen LogP contribution in [0.15, 0.2) is 60.0 Å². The van der Waals surface area contributed by atoms with Crippen molar-refractivity contribution in [3.8, 4) is 11.3 Å². The first-order valence-electron chi connectivity index (χ1n) is 10.8. The van der Waals surface area contributed by atoms with Crippen LogP contribution in [0.3, 0.4) is 0 Å². The summed E-state index contributed by atoms with van der Waals surface area (Å²) in [5, 5.41) is 5.41. The number of anilines is 1. The molecule has 2 aromatic carbocycles. The van der Waals surface area contributed by atoms with Gasteiger partial charge in [0.2, 0.25) is 5.91 Å². The van der Waals surface area contributed by atoms with Gasteiger partial charge in [-0.1, -0.05) is 42.5 Å². The lowest BCUT2D eigenvalue weighted by molar-refractivity contribution is -0.137. The average Bonchev–Trinajstić information content (AvgIpc) is 3.27. The summed E-state index contributed by atoms with van der Waals surface area (Å²) in [5.74, 6) is -0.0591. The lowest BCUT2D eigenvalue weighted by Crippen LogP contribution is -2.46. The lowest BCUT2D eigenvalue weighted by Gasteiger charge is -2.34. The van der Waals surface area contributed by atoms with E-state index >= 15 is 0 Å². The van der Waals surface area contributed by atoms with E-state index in [1.54, 1.807) is 12.1 Å². The molecule has 1 aliphatic rings. The van der Waals surface area contributed by atoms with E-state index < -0.39 is 11.7 Å². The summed E-state index contributed by atoms with van der Waals surface area (Å²) in [6, 6.07) is 15.2. The SMILES string of the molecule is O=C(CCN1CCN(Cc2ccc(C(F)(F)F)cc2)CC1)Nc1nc(-c2ccccc2)cs1. The van der Waals surface area contributed by atoms with Gasteiger partial charge in [-0.15, -0.1) is 11.3 Å². The maximum Gasteiger partial charge on any atom is 0.416 e. The number of thiazole rings is 1. The molecule has 0 radical (unpaired) electrons. The fraction of sp³-hybridized carbons (Fsp3) is 0.333. The summed E-state index contributed by atoms with van der Waals surface area (Å²) in [5.41, 5.74) is 2.11. The molecule has 3 aromatic rings. The zero-order chi connectivity index (χ0) is 23.3. The van der Waals surface area contributed by atoms with Crippen molar-refractivity contribution >= 4 is 22.4 Å².